The first-order valence-corrected chi connectivity index (χ1v) is 8.09. The first-order valence-electron chi connectivity index (χ1n) is 6.39. The second-order valence-electron chi connectivity index (χ2n) is 5.52. The van der Waals surface area contributed by atoms with Gasteiger partial charge >= 0.3 is 0 Å². The van der Waals surface area contributed by atoms with Crippen molar-refractivity contribution in [3.63, 3.8) is 0 Å². The average Bonchev–Trinajstić information content (AvgIpc) is 3.03. The summed E-state index contributed by atoms with van der Waals surface area (Å²) in [6, 6.07) is 0. The normalized spacial score (nSPS) is 12.3. The zero-order valence-electron chi connectivity index (χ0n) is 11.7. The Hall–Kier alpha value is -1.31. The van der Waals surface area contributed by atoms with E-state index < -0.39 is 0 Å². The fraction of sp³-hybridized carbons (Fsp3) is 0.385. The van der Waals surface area contributed by atoms with Crippen molar-refractivity contribution in [3.8, 4) is 0 Å². The van der Waals surface area contributed by atoms with Crippen LogP contribution in [-0.2, 0) is 6.54 Å². The second-order valence-corrected chi connectivity index (χ2v) is 7.37. The zero-order valence-corrected chi connectivity index (χ0v) is 13.3. The number of imidazole rings is 2. The number of aromatic amines is 1. The van der Waals surface area contributed by atoms with E-state index in [0.29, 0.717) is 0 Å². The number of nitrogens with one attached hydrogen (secondary N) is 2. The molecule has 3 heterocycles. The van der Waals surface area contributed by atoms with Crippen molar-refractivity contribution in [2.75, 3.05) is 0 Å². The minimum Gasteiger partial charge on any atom is -0.339 e. The molecular formula is C13H17N5S2. The maximum absolute atomic E-state index is 4.69. The molecule has 0 unspecified atom stereocenters. The van der Waals surface area contributed by atoms with Gasteiger partial charge in [-0.05, 0) is 32.5 Å². The fourth-order valence-corrected chi connectivity index (χ4v) is 3.44. The average molecular weight is 307 g/mol. The van der Waals surface area contributed by atoms with Crippen LogP contribution in [0.5, 0.6) is 0 Å². The van der Waals surface area contributed by atoms with E-state index in [1.807, 2.05) is 6.20 Å². The minimum absolute atomic E-state index is 0.0762. The molecule has 0 radical (unpaired) electrons. The summed E-state index contributed by atoms with van der Waals surface area (Å²) < 4.78 is 2.15. The molecule has 0 aromatic carbocycles. The van der Waals surface area contributed by atoms with Crippen molar-refractivity contribution in [2.45, 2.75) is 43.0 Å². The number of rotatable bonds is 4. The van der Waals surface area contributed by atoms with Gasteiger partial charge in [0.05, 0.1) is 5.69 Å². The van der Waals surface area contributed by atoms with Crippen LogP contribution >= 0.6 is 23.1 Å². The summed E-state index contributed by atoms with van der Waals surface area (Å²) in [5.74, 6) is 0. The molecule has 0 atom stereocenters. The summed E-state index contributed by atoms with van der Waals surface area (Å²) in [6.45, 7) is 7.28. The molecule has 2 N–H and O–H groups in total. The molecule has 0 saturated carbocycles. The topological polar surface area (TPSA) is 58.0 Å². The van der Waals surface area contributed by atoms with Crippen LogP contribution in [-0.4, -0.2) is 24.9 Å². The van der Waals surface area contributed by atoms with Gasteiger partial charge in [0, 0.05) is 36.1 Å². The van der Waals surface area contributed by atoms with Crippen LogP contribution in [0.15, 0.2) is 34.2 Å². The highest BCUT2D eigenvalue weighted by molar-refractivity contribution is 7.99. The van der Waals surface area contributed by atoms with Gasteiger partial charge in [-0.2, -0.15) is 0 Å². The Balaban J connectivity index is 1.92. The van der Waals surface area contributed by atoms with Gasteiger partial charge in [0.2, 0.25) is 0 Å². The van der Waals surface area contributed by atoms with Crippen LogP contribution in [0.4, 0.5) is 0 Å². The monoisotopic (exact) mass is 307 g/mol. The van der Waals surface area contributed by atoms with Crippen LogP contribution in [0.25, 0.3) is 4.96 Å². The van der Waals surface area contributed by atoms with E-state index >= 15 is 0 Å². The molecule has 0 aliphatic heterocycles. The third-order valence-corrected chi connectivity index (χ3v) is 4.47. The van der Waals surface area contributed by atoms with Crippen molar-refractivity contribution in [2.24, 2.45) is 0 Å². The van der Waals surface area contributed by atoms with Crippen LogP contribution in [0, 0.1) is 0 Å². The standard InChI is InChI=1S/C13H17N5S2/c1-13(2,3)16-8-9-10(20-11-14-4-5-15-11)17-12-18(9)6-7-19-12/h4-7,16H,8H2,1-3H3,(H,14,15). The summed E-state index contributed by atoms with van der Waals surface area (Å²) in [5, 5.41) is 7.46. The maximum Gasteiger partial charge on any atom is 0.194 e. The Bertz CT molecular complexity index is 690. The molecule has 0 bridgehead atoms. The van der Waals surface area contributed by atoms with Gasteiger partial charge in [-0.25, -0.2) is 9.97 Å². The molecule has 0 spiro atoms. The highest BCUT2D eigenvalue weighted by Gasteiger charge is 2.17. The van der Waals surface area contributed by atoms with Gasteiger partial charge in [0.1, 0.15) is 5.03 Å². The van der Waals surface area contributed by atoms with Gasteiger partial charge in [0.25, 0.3) is 0 Å². The molecule has 0 aliphatic rings. The molecule has 0 saturated heterocycles. The minimum atomic E-state index is 0.0762. The van der Waals surface area contributed by atoms with E-state index in [-0.39, 0.29) is 5.54 Å². The first-order chi connectivity index (χ1) is 9.53. The summed E-state index contributed by atoms with van der Waals surface area (Å²) in [7, 11) is 0. The summed E-state index contributed by atoms with van der Waals surface area (Å²) in [4.78, 5) is 13.1. The van der Waals surface area contributed by atoms with Gasteiger partial charge in [-0.15, -0.1) is 11.3 Å². The number of nitrogens with zero attached hydrogens (tertiary/aromatic N) is 3. The predicted octanol–water partition coefficient (Wildman–Crippen LogP) is 3.16. The maximum atomic E-state index is 4.69. The predicted molar refractivity (Wildman–Crippen MR) is 82.4 cm³/mol. The smallest absolute Gasteiger partial charge is 0.194 e. The third-order valence-electron chi connectivity index (χ3n) is 2.78. The number of thiazole rings is 1. The number of hydrogen-bond donors (Lipinski definition) is 2. The summed E-state index contributed by atoms with van der Waals surface area (Å²) in [5.41, 5.74) is 1.25. The number of hydrogen-bond acceptors (Lipinski definition) is 5. The summed E-state index contributed by atoms with van der Waals surface area (Å²) >= 11 is 3.22. The van der Waals surface area contributed by atoms with Gasteiger partial charge in [0.15, 0.2) is 10.1 Å². The lowest BCUT2D eigenvalue weighted by Crippen LogP contribution is -2.35. The van der Waals surface area contributed by atoms with E-state index in [0.717, 1.165) is 21.7 Å². The van der Waals surface area contributed by atoms with E-state index in [4.69, 9.17) is 4.98 Å². The molecule has 5 nitrogen and oxygen atoms in total. The van der Waals surface area contributed by atoms with E-state index in [2.05, 4.69) is 52.0 Å². The molecule has 0 amide bonds. The SMILES string of the molecule is CC(C)(C)NCc1c(Sc2ncc[nH]2)nc2sccn12. The van der Waals surface area contributed by atoms with Crippen molar-refractivity contribution < 1.29 is 0 Å². The van der Waals surface area contributed by atoms with Crippen LogP contribution in [0.2, 0.25) is 0 Å². The Morgan fingerprint density at radius 3 is 3.00 bits per heavy atom. The lowest BCUT2D eigenvalue weighted by atomic mass is 10.1. The Morgan fingerprint density at radius 1 is 1.45 bits per heavy atom. The largest absolute Gasteiger partial charge is 0.339 e. The van der Waals surface area contributed by atoms with Crippen LogP contribution in [0.1, 0.15) is 26.5 Å². The molecule has 3 rings (SSSR count). The van der Waals surface area contributed by atoms with Crippen molar-refractivity contribution in [1.29, 1.82) is 0 Å². The van der Waals surface area contributed by atoms with Gasteiger partial charge in [-0.3, -0.25) is 4.40 Å². The van der Waals surface area contributed by atoms with Gasteiger partial charge < -0.3 is 10.3 Å². The van der Waals surface area contributed by atoms with E-state index in [1.54, 1.807) is 29.3 Å². The Labute approximate surface area is 125 Å². The van der Waals surface area contributed by atoms with Crippen LogP contribution in [0.3, 0.4) is 0 Å². The molecule has 0 aliphatic carbocycles. The number of fused-ring (bicyclic) bond motifs is 1. The molecule has 7 heteroatoms. The lowest BCUT2D eigenvalue weighted by Gasteiger charge is -2.20. The van der Waals surface area contributed by atoms with Crippen LogP contribution < -0.4 is 5.32 Å². The molecule has 3 aromatic rings. The second kappa shape index (κ2) is 5.23. The Morgan fingerprint density at radius 2 is 2.30 bits per heavy atom. The van der Waals surface area contributed by atoms with Crippen molar-refractivity contribution >= 4 is 28.1 Å². The Kier molecular flexibility index (Phi) is 3.57. The van der Waals surface area contributed by atoms with E-state index in [1.165, 1.54) is 5.69 Å². The highest BCUT2D eigenvalue weighted by Crippen LogP contribution is 2.29. The molecule has 3 aromatic heterocycles. The first kappa shape index (κ1) is 13.7. The molecule has 20 heavy (non-hydrogen) atoms. The lowest BCUT2D eigenvalue weighted by molar-refractivity contribution is 0.418. The number of aromatic nitrogens is 4. The van der Waals surface area contributed by atoms with Crippen molar-refractivity contribution in [3.05, 3.63) is 29.7 Å². The molecule has 106 valence electrons. The molecule has 0 fully saturated rings. The van der Waals surface area contributed by atoms with E-state index in [9.17, 15) is 0 Å². The molecular weight excluding hydrogens is 290 g/mol. The summed E-state index contributed by atoms with van der Waals surface area (Å²) in [6.07, 6.45) is 5.65. The highest BCUT2D eigenvalue weighted by atomic mass is 32.2. The zero-order chi connectivity index (χ0) is 14.2. The van der Waals surface area contributed by atoms with Gasteiger partial charge in [-0.1, -0.05) is 0 Å². The van der Waals surface area contributed by atoms with Crippen molar-refractivity contribution in [1.82, 2.24) is 24.7 Å². The number of H-pyrrole nitrogens is 1. The third kappa shape index (κ3) is 2.89. The fourth-order valence-electron chi connectivity index (χ4n) is 1.80. The quantitative estimate of drug-likeness (QED) is 0.777.